The van der Waals surface area contributed by atoms with Gasteiger partial charge in [0.25, 0.3) is 0 Å². The van der Waals surface area contributed by atoms with Crippen molar-refractivity contribution in [2.45, 2.75) is 19.9 Å². The van der Waals surface area contributed by atoms with Gasteiger partial charge < -0.3 is 19.7 Å². The minimum atomic E-state index is 0. The van der Waals surface area contributed by atoms with Gasteiger partial charge in [-0.15, -0.1) is 34.2 Å². The highest BCUT2D eigenvalue weighted by atomic mass is 127. The fourth-order valence-electron chi connectivity index (χ4n) is 3.21. The van der Waals surface area contributed by atoms with Crippen molar-refractivity contribution in [2.24, 2.45) is 4.99 Å². The molecule has 0 radical (unpaired) electrons. The molecule has 0 amide bonds. The highest BCUT2D eigenvalue weighted by Crippen LogP contribution is 2.20. The third-order valence-electron chi connectivity index (χ3n) is 4.61. The molecule has 148 valence electrons. The number of benzene rings is 1. The molecule has 9 heteroatoms. The number of aromatic nitrogens is 3. The van der Waals surface area contributed by atoms with E-state index in [0.29, 0.717) is 0 Å². The summed E-state index contributed by atoms with van der Waals surface area (Å²) in [5, 5.41) is 12.3. The Morgan fingerprint density at radius 1 is 1.26 bits per heavy atom. The van der Waals surface area contributed by atoms with Gasteiger partial charge in [-0.05, 0) is 18.2 Å². The van der Waals surface area contributed by atoms with Crippen LogP contribution in [0.3, 0.4) is 0 Å². The lowest BCUT2D eigenvalue weighted by Gasteiger charge is -2.37. The minimum absolute atomic E-state index is 0. The predicted octanol–water partition coefficient (Wildman–Crippen LogP) is 2.51. The zero-order valence-electron chi connectivity index (χ0n) is 15.8. The zero-order chi connectivity index (χ0) is 18.4. The molecule has 27 heavy (non-hydrogen) atoms. The molecule has 7 nitrogen and oxygen atoms in total. The van der Waals surface area contributed by atoms with E-state index in [1.165, 1.54) is 5.69 Å². The van der Waals surface area contributed by atoms with E-state index in [9.17, 15) is 0 Å². The van der Waals surface area contributed by atoms with Crippen LogP contribution in [0.2, 0.25) is 5.02 Å². The van der Waals surface area contributed by atoms with Crippen molar-refractivity contribution in [3.8, 4) is 0 Å². The molecule has 3 rings (SSSR count). The molecule has 1 N–H and O–H groups in total. The van der Waals surface area contributed by atoms with E-state index in [0.717, 1.165) is 62.5 Å². The van der Waals surface area contributed by atoms with Crippen molar-refractivity contribution in [3.63, 3.8) is 0 Å². The molecular formula is C18H27ClIN7. The summed E-state index contributed by atoms with van der Waals surface area (Å²) in [5.41, 5.74) is 1.18. The van der Waals surface area contributed by atoms with Crippen molar-refractivity contribution in [1.29, 1.82) is 0 Å². The molecule has 0 aliphatic carbocycles. The van der Waals surface area contributed by atoms with Crippen LogP contribution in [0.25, 0.3) is 0 Å². The number of hydrogen-bond donors (Lipinski definition) is 1. The number of hydrogen-bond acceptors (Lipinski definition) is 4. The Kier molecular flexibility index (Phi) is 8.62. The highest BCUT2D eigenvalue weighted by Gasteiger charge is 2.19. The van der Waals surface area contributed by atoms with Gasteiger partial charge in [0.15, 0.2) is 5.96 Å². The maximum atomic E-state index is 6.11. The molecule has 1 fully saturated rings. The van der Waals surface area contributed by atoms with Gasteiger partial charge in [-0.1, -0.05) is 24.6 Å². The Labute approximate surface area is 182 Å². The van der Waals surface area contributed by atoms with Crippen molar-refractivity contribution in [3.05, 3.63) is 41.4 Å². The summed E-state index contributed by atoms with van der Waals surface area (Å²) in [5.74, 6) is 1.96. The van der Waals surface area contributed by atoms with Crippen LogP contribution in [-0.2, 0) is 13.0 Å². The van der Waals surface area contributed by atoms with E-state index in [2.05, 4.69) is 47.9 Å². The Balaban J connectivity index is 0.00000261. The molecule has 2 heterocycles. The fraction of sp³-hybridized carbons (Fsp3) is 0.500. The summed E-state index contributed by atoms with van der Waals surface area (Å²) in [6.45, 7) is 7.48. The molecule has 0 bridgehead atoms. The molecule has 0 atom stereocenters. The number of rotatable bonds is 5. The Hall–Kier alpha value is -1.55. The fourth-order valence-corrected chi connectivity index (χ4v) is 3.39. The molecule has 1 aliphatic heterocycles. The van der Waals surface area contributed by atoms with Crippen molar-refractivity contribution < 1.29 is 0 Å². The summed E-state index contributed by atoms with van der Waals surface area (Å²) in [7, 11) is 1.84. The van der Waals surface area contributed by atoms with Crippen molar-refractivity contribution >= 4 is 47.2 Å². The van der Waals surface area contributed by atoms with Gasteiger partial charge in [-0.3, -0.25) is 4.99 Å². The van der Waals surface area contributed by atoms with E-state index in [-0.39, 0.29) is 24.0 Å². The van der Waals surface area contributed by atoms with Gasteiger partial charge in [-0.25, -0.2) is 0 Å². The molecule has 2 aromatic rings. The standard InChI is InChI=1S/C18H26ClN7.HI/c1-3-17-23-22-14-26(17)8-7-21-18(20-2)25-11-9-24(10-12-25)16-6-4-5-15(19)13-16;/h4-6,13-14H,3,7-12H2,1-2H3,(H,20,21);1H. The van der Waals surface area contributed by atoms with E-state index >= 15 is 0 Å². The second-order valence-electron chi connectivity index (χ2n) is 6.22. The van der Waals surface area contributed by atoms with Crippen LogP contribution in [0.15, 0.2) is 35.6 Å². The van der Waals surface area contributed by atoms with E-state index in [1.807, 2.05) is 25.2 Å². The van der Waals surface area contributed by atoms with Crippen LogP contribution in [-0.4, -0.2) is 65.4 Å². The summed E-state index contributed by atoms with van der Waals surface area (Å²) in [4.78, 5) is 9.10. The maximum Gasteiger partial charge on any atom is 0.193 e. The Bertz CT molecular complexity index is 741. The van der Waals surface area contributed by atoms with Gasteiger partial charge in [0.2, 0.25) is 0 Å². The molecule has 0 unspecified atom stereocenters. The lowest BCUT2D eigenvalue weighted by Crippen LogP contribution is -2.53. The summed E-state index contributed by atoms with van der Waals surface area (Å²) in [6, 6.07) is 8.04. The monoisotopic (exact) mass is 503 g/mol. The highest BCUT2D eigenvalue weighted by molar-refractivity contribution is 14.0. The van der Waals surface area contributed by atoms with Gasteiger partial charge in [-0.2, -0.15) is 0 Å². The lowest BCUT2D eigenvalue weighted by atomic mass is 10.2. The van der Waals surface area contributed by atoms with Crippen molar-refractivity contribution in [2.75, 3.05) is 44.7 Å². The van der Waals surface area contributed by atoms with Crippen molar-refractivity contribution in [1.82, 2.24) is 25.0 Å². The third-order valence-corrected chi connectivity index (χ3v) is 4.85. The maximum absolute atomic E-state index is 6.11. The van der Waals surface area contributed by atoms with E-state index in [1.54, 1.807) is 6.33 Å². The zero-order valence-corrected chi connectivity index (χ0v) is 18.9. The number of anilines is 1. The van der Waals surface area contributed by atoms with Crippen LogP contribution >= 0.6 is 35.6 Å². The van der Waals surface area contributed by atoms with Crippen LogP contribution in [0.4, 0.5) is 5.69 Å². The molecular weight excluding hydrogens is 477 g/mol. The summed E-state index contributed by atoms with van der Waals surface area (Å²) in [6.07, 6.45) is 2.67. The second-order valence-corrected chi connectivity index (χ2v) is 6.66. The van der Waals surface area contributed by atoms with Crippen LogP contribution in [0.5, 0.6) is 0 Å². The SMILES string of the molecule is CCc1nncn1CCNC(=NC)N1CCN(c2cccc(Cl)c2)CC1.I. The topological polar surface area (TPSA) is 61.6 Å². The van der Waals surface area contributed by atoms with Crippen LogP contribution in [0, 0.1) is 0 Å². The smallest absolute Gasteiger partial charge is 0.193 e. The number of nitrogens with zero attached hydrogens (tertiary/aromatic N) is 6. The molecule has 0 spiro atoms. The summed E-state index contributed by atoms with van der Waals surface area (Å²) < 4.78 is 2.08. The molecule has 1 saturated heterocycles. The van der Waals surface area contributed by atoms with Crippen LogP contribution < -0.4 is 10.2 Å². The second kappa shape index (κ2) is 10.7. The van der Waals surface area contributed by atoms with Gasteiger partial charge in [0.05, 0.1) is 0 Å². The lowest BCUT2D eigenvalue weighted by molar-refractivity contribution is 0.371. The molecule has 1 aliphatic rings. The molecule has 1 aromatic heterocycles. The first-order valence-electron chi connectivity index (χ1n) is 9.04. The number of aliphatic imine (C=N–C) groups is 1. The minimum Gasteiger partial charge on any atom is -0.368 e. The number of guanidine groups is 1. The first-order valence-corrected chi connectivity index (χ1v) is 9.42. The summed E-state index contributed by atoms with van der Waals surface area (Å²) >= 11 is 6.11. The van der Waals surface area contributed by atoms with Crippen LogP contribution in [0.1, 0.15) is 12.7 Å². The first-order chi connectivity index (χ1) is 12.7. The van der Waals surface area contributed by atoms with Gasteiger partial charge >= 0.3 is 0 Å². The normalized spacial score (nSPS) is 14.9. The van der Waals surface area contributed by atoms with Gasteiger partial charge in [0, 0.05) is 63.4 Å². The third kappa shape index (κ3) is 5.71. The van der Waals surface area contributed by atoms with Gasteiger partial charge in [0.1, 0.15) is 12.2 Å². The first kappa shape index (κ1) is 21.7. The quantitative estimate of drug-likeness (QED) is 0.386. The van der Waals surface area contributed by atoms with E-state index in [4.69, 9.17) is 11.6 Å². The number of nitrogens with one attached hydrogen (secondary N) is 1. The predicted molar refractivity (Wildman–Crippen MR) is 121 cm³/mol. The van der Waals surface area contributed by atoms with E-state index < -0.39 is 0 Å². The molecule has 1 aromatic carbocycles. The molecule has 0 saturated carbocycles. The Morgan fingerprint density at radius 3 is 2.70 bits per heavy atom. The largest absolute Gasteiger partial charge is 0.368 e. The average molecular weight is 504 g/mol. The Morgan fingerprint density at radius 2 is 2.04 bits per heavy atom. The number of halogens is 2. The number of aryl methyl sites for hydroxylation is 1. The number of piperazine rings is 1. The average Bonchev–Trinajstić information content (AvgIpc) is 3.13.